The van der Waals surface area contributed by atoms with E-state index in [-0.39, 0.29) is 17.3 Å². The topological polar surface area (TPSA) is 67.1 Å². The molecule has 0 radical (unpaired) electrons. The Hall–Kier alpha value is -1.41. The van der Waals surface area contributed by atoms with Crippen molar-refractivity contribution in [2.75, 3.05) is 16.9 Å². The molecule has 1 aliphatic rings. The molecule has 0 spiro atoms. The number of carbonyl (C=O) groups is 1. The van der Waals surface area contributed by atoms with E-state index in [2.05, 4.69) is 10.7 Å². The van der Waals surface area contributed by atoms with E-state index in [0.29, 0.717) is 0 Å². The summed E-state index contributed by atoms with van der Waals surface area (Å²) >= 11 is 1.72. The van der Waals surface area contributed by atoms with Crippen LogP contribution in [0, 0.1) is 0 Å². The van der Waals surface area contributed by atoms with Crippen molar-refractivity contribution in [3.63, 3.8) is 0 Å². The third-order valence-electron chi connectivity index (χ3n) is 3.24. The van der Waals surface area contributed by atoms with E-state index in [1.807, 2.05) is 0 Å². The molecule has 1 atom stereocenters. The highest BCUT2D eigenvalue weighted by Gasteiger charge is 2.32. The molecule has 2 rings (SSSR count). The van der Waals surface area contributed by atoms with Gasteiger partial charge in [-0.3, -0.25) is 10.6 Å². The number of halogens is 3. The van der Waals surface area contributed by atoms with Gasteiger partial charge < -0.3 is 10.7 Å². The fourth-order valence-corrected chi connectivity index (χ4v) is 3.22. The average Bonchev–Trinajstić information content (AvgIpc) is 2.46. The minimum absolute atomic E-state index is 0.0172. The summed E-state index contributed by atoms with van der Waals surface area (Å²) in [4.78, 5) is 12.2. The predicted octanol–water partition coefficient (Wildman–Crippen LogP) is 2.62. The Bertz CT molecular complexity index is 516. The number of nitrogen functional groups attached to an aromatic ring is 1. The number of hydrogen-bond donors (Lipinski definition) is 3. The normalized spacial score (nSPS) is 19.1. The van der Waals surface area contributed by atoms with Gasteiger partial charge in [-0.1, -0.05) is 0 Å². The van der Waals surface area contributed by atoms with Crippen LogP contribution >= 0.6 is 11.8 Å². The lowest BCUT2D eigenvalue weighted by Crippen LogP contribution is -2.38. The fraction of sp³-hybridized carbons (Fsp3) is 0.462. The molecule has 1 aromatic carbocycles. The molecule has 1 aromatic rings. The zero-order valence-corrected chi connectivity index (χ0v) is 12.0. The number of alkyl halides is 3. The van der Waals surface area contributed by atoms with Crippen molar-refractivity contribution < 1.29 is 18.0 Å². The lowest BCUT2D eigenvalue weighted by Gasteiger charge is -2.23. The van der Waals surface area contributed by atoms with E-state index in [4.69, 9.17) is 5.84 Å². The third kappa shape index (κ3) is 4.04. The Morgan fingerprint density at radius 2 is 2.14 bits per heavy atom. The van der Waals surface area contributed by atoms with Crippen LogP contribution < -0.4 is 16.6 Å². The summed E-state index contributed by atoms with van der Waals surface area (Å²) < 4.78 is 38.2. The number of benzene rings is 1. The summed E-state index contributed by atoms with van der Waals surface area (Å²) in [6.45, 7) is 0. The largest absolute Gasteiger partial charge is 0.416 e. The Kier molecular flexibility index (Phi) is 5.00. The standard InChI is InChI=1S/C13H16F3N3OS/c14-13(15,16)8-3-4-11(19-17)10(6-8)12(20)18-9-2-1-5-21-7-9/h3-4,6,9,19H,1-2,5,7,17H2,(H,18,20). The first-order valence-electron chi connectivity index (χ1n) is 6.48. The van der Waals surface area contributed by atoms with E-state index in [9.17, 15) is 18.0 Å². The van der Waals surface area contributed by atoms with Gasteiger partial charge in [-0.2, -0.15) is 24.9 Å². The van der Waals surface area contributed by atoms with Gasteiger partial charge >= 0.3 is 6.18 Å². The Labute approximate surface area is 124 Å². The van der Waals surface area contributed by atoms with Crippen LogP contribution in [0.3, 0.4) is 0 Å². The van der Waals surface area contributed by atoms with Crippen molar-refractivity contribution in [2.24, 2.45) is 5.84 Å². The number of nitrogens with one attached hydrogen (secondary N) is 2. The van der Waals surface area contributed by atoms with E-state index < -0.39 is 17.6 Å². The molecule has 116 valence electrons. The van der Waals surface area contributed by atoms with Gasteiger partial charge in [0.05, 0.1) is 16.8 Å². The molecule has 0 aliphatic carbocycles. The van der Waals surface area contributed by atoms with E-state index in [1.165, 1.54) is 0 Å². The van der Waals surface area contributed by atoms with E-state index in [0.717, 1.165) is 42.5 Å². The molecule has 4 nitrogen and oxygen atoms in total. The highest BCUT2D eigenvalue weighted by molar-refractivity contribution is 7.99. The second-order valence-electron chi connectivity index (χ2n) is 4.79. The summed E-state index contributed by atoms with van der Waals surface area (Å²) in [5.41, 5.74) is 1.46. The van der Waals surface area contributed by atoms with Gasteiger partial charge in [0.1, 0.15) is 0 Å². The molecule has 0 aromatic heterocycles. The number of anilines is 1. The highest BCUT2D eigenvalue weighted by Crippen LogP contribution is 2.31. The van der Waals surface area contributed by atoms with Crippen LogP contribution in [0.1, 0.15) is 28.8 Å². The second kappa shape index (κ2) is 6.57. The first-order valence-corrected chi connectivity index (χ1v) is 7.64. The molecular weight excluding hydrogens is 303 g/mol. The molecule has 1 unspecified atom stereocenters. The molecule has 0 bridgehead atoms. The van der Waals surface area contributed by atoms with Crippen molar-refractivity contribution in [1.29, 1.82) is 0 Å². The van der Waals surface area contributed by atoms with Gasteiger partial charge in [0.25, 0.3) is 5.91 Å². The van der Waals surface area contributed by atoms with Crippen LogP contribution in [0.2, 0.25) is 0 Å². The Morgan fingerprint density at radius 1 is 1.38 bits per heavy atom. The maximum absolute atomic E-state index is 12.7. The van der Waals surface area contributed by atoms with Gasteiger partial charge in [-0.25, -0.2) is 0 Å². The smallest absolute Gasteiger partial charge is 0.348 e. The second-order valence-corrected chi connectivity index (χ2v) is 5.94. The molecule has 4 N–H and O–H groups in total. The number of amides is 1. The molecule has 1 amide bonds. The molecule has 1 fully saturated rings. The van der Waals surface area contributed by atoms with E-state index >= 15 is 0 Å². The molecule has 1 aliphatic heterocycles. The van der Waals surface area contributed by atoms with E-state index in [1.54, 1.807) is 11.8 Å². The van der Waals surface area contributed by atoms with Crippen molar-refractivity contribution in [3.8, 4) is 0 Å². The predicted molar refractivity (Wildman–Crippen MR) is 77.1 cm³/mol. The zero-order valence-electron chi connectivity index (χ0n) is 11.2. The lowest BCUT2D eigenvalue weighted by molar-refractivity contribution is -0.137. The average molecular weight is 319 g/mol. The van der Waals surface area contributed by atoms with Crippen LogP contribution in [-0.2, 0) is 6.18 Å². The lowest BCUT2D eigenvalue weighted by atomic mass is 10.1. The maximum Gasteiger partial charge on any atom is 0.416 e. The third-order valence-corrected chi connectivity index (χ3v) is 4.46. The molecular formula is C13H16F3N3OS. The zero-order chi connectivity index (χ0) is 15.5. The van der Waals surface area contributed by atoms with Crippen molar-refractivity contribution >= 4 is 23.4 Å². The van der Waals surface area contributed by atoms with Gasteiger partial charge in [0, 0.05) is 11.8 Å². The van der Waals surface area contributed by atoms with Gasteiger partial charge in [0.15, 0.2) is 0 Å². The highest BCUT2D eigenvalue weighted by atomic mass is 32.2. The number of nitrogens with two attached hydrogens (primary N) is 1. The summed E-state index contributed by atoms with van der Waals surface area (Å²) in [6, 6.07) is 2.85. The number of rotatable bonds is 3. The summed E-state index contributed by atoms with van der Waals surface area (Å²) in [6.07, 6.45) is -2.67. The van der Waals surface area contributed by atoms with Crippen LogP contribution in [-0.4, -0.2) is 23.5 Å². The summed E-state index contributed by atoms with van der Waals surface area (Å²) in [5.74, 6) is 6.55. The minimum atomic E-state index is -4.50. The van der Waals surface area contributed by atoms with Gasteiger partial charge in [-0.15, -0.1) is 0 Å². The number of hydrogen-bond acceptors (Lipinski definition) is 4. The van der Waals surface area contributed by atoms with Crippen molar-refractivity contribution in [2.45, 2.75) is 25.1 Å². The number of carbonyl (C=O) groups excluding carboxylic acids is 1. The van der Waals surface area contributed by atoms with Crippen LogP contribution in [0.25, 0.3) is 0 Å². The van der Waals surface area contributed by atoms with Crippen LogP contribution in [0.15, 0.2) is 18.2 Å². The van der Waals surface area contributed by atoms with Crippen molar-refractivity contribution in [1.82, 2.24) is 5.32 Å². The monoisotopic (exact) mass is 319 g/mol. The maximum atomic E-state index is 12.7. The van der Waals surface area contributed by atoms with Gasteiger partial charge in [0.2, 0.25) is 0 Å². The number of thioether (sulfide) groups is 1. The minimum Gasteiger partial charge on any atom is -0.348 e. The molecule has 8 heteroatoms. The SMILES string of the molecule is NNc1ccc(C(F)(F)F)cc1C(=O)NC1CCCSC1. The van der Waals surface area contributed by atoms with Gasteiger partial charge in [-0.05, 0) is 36.8 Å². The van der Waals surface area contributed by atoms with Crippen LogP contribution in [0.5, 0.6) is 0 Å². The first-order chi connectivity index (χ1) is 9.91. The molecule has 21 heavy (non-hydrogen) atoms. The number of hydrazine groups is 1. The fourth-order valence-electron chi connectivity index (χ4n) is 2.15. The first kappa shape index (κ1) is 16.0. The quantitative estimate of drug-likeness (QED) is 0.592. The Balaban J connectivity index is 2.21. The Morgan fingerprint density at radius 3 is 2.71 bits per heavy atom. The molecule has 1 heterocycles. The molecule has 0 saturated carbocycles. The molecule has 1 saturated heterocycles. The van der Waals surface area contributed by atoms with Crippen LogP contribution in [0.4, 0.5) is 18.9 Å². The van der Waals surface area contributed by atoms with Crippen molar-refractivity contribution in [3.05, 3.63) is 29.3 Å². The summed E-state index contributed by atoms with van der Waals surface area (Å²) in [7, 11) is 0. The summed E-state index contributed by atoms with van der Waals surface area (Å²) in [5, 5.41) is 2.77.